The number of hydrogen-bond donors (Lipinski definition) is 5. The Bertz CT molecular complexity index is 559. The summed E-state index contributed by atoms with van der Waals surface area (Å²) in [4.78, 5) is 51.6. The van der Waals surface area contributed by atoms with Gasteiger partial charge in [-0.3, -0.25) is 0 Å². The summed E-state index contributed by atoms with van der Waals surface area (Å²) in [5, 5.41) is 33.9. The third kappa shape index (κ3) is 2.64. The van der Waals surface area contributed by atoms with Gasteiger partial charge in [-0.1, -0.05) is 30.7 Å². The predicted octanol–water partition coefficient (Wildman–Crippen LogP) is -3.85. The normalized spacial score (nSPS) is 63.5. The van der Waals surface area contributed by atoms with Gasteiger partial charge in [-0.15, -0.1) is 5.21 Å². The van der Waals surface area contributed by atoms with Crippen LogP contribution in [0, 0.1) is 0 Å². The van der Waals surface area contributed by atoms with Crippen molar-refractivity contribution in [1.82, 2.24) is 16.2 Å². The minimum atomic E-state index is -3.06. The summed E-state index contributed by atoms with van der Waals surface area (Å²) in [5.74, 6) is 0. The van der Waals surface area contributed by atoms with Gasteiger partial charge in [0.2, 0.25) is 35.5 Å². The van der Waals surface area contributed by atoms with Crippen molar-refractivity contribution < 1.29 is 111 Å². The van der Waals surface area contributed by atoms with Gasteiger partial charge in [0.1, 0.15) is 0 Å². The first kappa shape index (κ1) is 16.2. The molecule has 6 saturated heterocycles. The molecule has 6 aliphatic rings. The van der Waals surface area contributed by atoms with E-state index < -0.39 is 36.5 Å². The molecule has 6 heterocycles. The highest BCUT2D eigenvalue weighted by Crippen LogP contribution is 2.40. The topological polar surface area (TPSA) is 222 Å². The second kappa shape index (κ2) is 4.45. The Morgan fingerprint density at radius 1 is 0.400 bits per heavy atom. The van der Waals surface area contributed by atoms with Crippen LogP contribution in [0.1, 0.15) is 0 Å². The Balaban J connectivity index is 1.71. The molecule has 0 saturated carbocycles. The lowest BCUT2D eigenvalue weighted by molar-refractivity contribution is -1.89. The highest BCUT2D eigenvalue weighted by molar-refractivity contribution is 3.73. The summed E-state index contributed by atoms with van der Waals surface area (Å²) in [7, 11) is 0. The zero-order valence-electron chi connectivity index (χ0n) is 10.7. The average molecular weight is 389 g/mol. The Labute approximate surface area is 128 Å². The minimum Gasteiger partial charge on any atom is -0.102 e. The standard InChI is InChI=1S/H5N8O17/c9-4-17-2-14-1-15-3(18-4)20-7(12)23-5(10,16-1)22-6(11,19-2)24-8(13,21-4)25-7/h9-13H/q+5. The minimum absolute atomic E-state index is 0.333. The number of hydrogen-bond acceptors (Lipinski definition) is 20. The van der Waals surface area contributed by atoms with Crippen LogP contribution in [0.4, 0.5) is 0 Å². The lowest BCUT2D eigenvalue weighted by Crippen LogP contribution is -2.81. The summed E-state index contributed by atoms with van der Waals surface area (Å²) in [6.45, 7) is 0. The van der Waals surface area contributed by atoms with E-state index in [0.717, 1.165) is 0 Å². The largest absolute Gasteiger partial charge is 0.433 e. The maximum absolute atomic E-state index is 9.96. The maximum Gasteiger partial charge on any atom is 0.433 e. The van der Waals surface area contributed by atoms with E-state index in [9.17, 15) is 26.0 Å². The molecule has 25 heteroatoms. The highest BCUT2D eigenvalue weighted by Gasteiger charge is 2.86. The number of nitrogens with zero attached hydrogens (tertiary/aromatic N) is 8. The quantitative estimate of drug-likeness (QED) is 0.250. The summed E-state index contributed by atoms with van der Waals surface area (Å²) >= 11 is 0. The molecule has 6 fully saturated rings. The third-order valence-electron chi connectivity index (χ3n) is 2.15. The first-order chi connectivity index (χ1) is 11.5. The lowest BCUT2D eigenvalue weighted by atomic mass is 12.2. The smallest absolute Gasteiger partial charge is 0.102 e. The fraction of sp³-hybridized carbons (Fsp3) is 0. The summed E-state index contributed by atoms with van der Waals surface area (Å²) < 4.78 is 0. The van der Waals surface area contributed by atoms with Crippen LogP contribution in [-0.4, -0.2) is 67.9 Å². The van der Waals surface area contributed by atoms with Crippen molar-refractivity contribution in [2.45, 2.75) is 0 Å². The Morgan fingerprint density at radius 2 is 0.720 bits per heavy atom. The van der Waals surface area contributed by atoms with Crippen LogP contribution in [0.5, 0.6) is 0 Å². The van der Waals surface area contributed by atoms with E-state index in [2.05, 4.69) is 59.3 Å². The van der Waals surface area contributed by atoms with Crippen molar-refractivity contribution >= 4 is 0 Å². The molecule has 5 N–H and O–H groups in total. The van der Waals surface area contributed by atoms with Crippen LogP contribution >= 0.6 is 0 Å². The van der Waals surface area contributed by atoms with Crippen molar-refractivity contribution in [1.29, 1.82) is 0 Å². The molecule has 4 unspecified atom stereocenters. The molecule has 8 bridgehead atoms. The average Bonchev–Trinajstić information content (AvgIpc) is 2.26. The second-order valence-electron chi connectivity index (χ2n) is 3.99. The van der Waals surface area contributed by atoms with Gasteiger partial charge in [0.15, 0.2) is 5.39 Å². The van der Waals surface area contributed by atoms with E-state index in [1.807, 2.05) is 0 Å². The molecular weight excluding hydrogens is 384 g/mol. The molecule has 25 nitrogen and oxygen atoms in total. The van der Waals surface area contributed by atoms with E-state index in [-0.39, 0.29) is 5.39 Å². The molecule has 0 amide bonds. The zero-order chi connectivity index (χ0) is 17.7. The van der Waals surface area contributed by atoms with Gasteiger partial charge in [-0.05, 0) is 0 Å². The first-order valence-electron chi connectivity index (χ1n) is 5.38. The van der Waals surface area contributed by atoms with E-state index >= 15 is 0 Å². The summed E-state index contributed by atoms with van der Waals surface area (Å²) in [6.07, 6.45) is 0. The van der Waals surface area contributed by atoms with Crippen LogP contribution < -0.4 is 0 Å². The van der Waals surface area contributed by atoms with E-state index in [1.54, 1.807) is 0 Å². The molecule has 0 spiro atoms. The number of quaternary nitrogens is 5. The van der Waals surface area contributed by atoms with E-state index in [4.69, 9.17) is 0 Å². The molecule has 25 heavy (non-hydrogen) atoms. The molecule has 0 radical (unpaired) electrons. The Hall–Kier alpha value is -1.00. The van der Waals surface area contributed by atoms with Gasteiger partial charge in [0.05, 0.1) is 24.7 Å². The van der Waals surface area contributed by atoms with Gasteiger partial charge in [-0.25, -0.2) is 0 Å². The first-order valence-corrected chi connectivity index (χ1v) is 5.38. The molecule has 0 aliphatic carbocycles. The van der Waals surface area contributed by atoms with Crippen LogP contribution in [0.25, 0.3) is 0 Å². The molecule has 0 aromatic carbocycles. The van der Waals surface area contributed by atoms with Gasteiger partial charge < -0.3 is 0 Å². The van der Waals surface area contributed by atoms with Crippen LogP contribution in [0.3, 0.4) is 0 Å². The van der Waals surface area contributed by atoms with Crippen molar-refractivity contribution in [2.75, 3.05) is 0 Å². The molecule has 142 valence electrons. The van der Waals surface area contributed by atoms with Crippen LogP contribution in [0.2, 0.25) is 0 Å². The molecule has 0 aromatic heterocycles. The van der Waals surface area contributed by atoms with E-state index in [1.165, 1.54) is 0 Å². The summed E-state index contributed by atoms with van der Waals surface area (Å²) in [5.41, 5.74) is 0. The van der Waals surface area contributed by atoms with Gasteiger partial charge in [-0.2, -0.15) is 0 Å². The second-order valence-corrected chi connectivity index (χ2v) is 3.99. The SMILES string of the molecule is O[N+]12ON3ON4ON(O1)O[N+]1(O)O[N+](O)(O4)O[N+](O)(O3)O[N+](O)(O2)O1. The van der Waals surface area contributed by atoms with Crippen molar-refractivity contribution in [3.05, 3.63) is 0 Å². The Morgan fingerprint density at radius 3 is 1.20 bits per heavy atom. The van der Waals surface area contributed by atoms with Crippen molar-refractivity contribution in [3.63, 3.8) is 0 Å². The fourth-order valence-corrected chi connectivity index (χ4v) is 1.54. The van der Waals surface area contributed by atoms with E-state index in [0.29, 0.717) is 0 Å². The van der Waals surface area contributed by atoms with Crippen molar-refractivity contribution in [2.24, 2.45) is 0 Å². The molecule has 6 aliphatic heterocycles. The van der Waals surface area contributed by atoms with Gasteiger partial charge in [0.25, 0.3) is 0 Å². The Kier molecular flexibility index (Phi) is 2.88. The van der Waals surface area contributed by atoms with Gasteiger partial charge in [0, 0.05) is 0 Å². The fourth-order valence-electron chi connectivity index (χ4n) is 1.54. The van der Waals surface area contributed by atoms with Crippen LogP contribution in [-0.2, 0) is 59.3 Å². The highest BCUT2D eigenvalue weighted by atomic mass is 17.8. The third-order valence-corrected chi connectivity index (χ3v) is 2.15. The van der Waals surface area contributed by atoms with Crippen LogP contribution in [0.15, 0.2) is 0 Å². The zero-order valence-corrected chi connectivity index (χ0v) is 10.7. The lowest BCUT2D eigenvalue weighted by Gasteiger charge is -2.37. The monoisotopic (exact) mass is 389 g/mol. The molecular formula is H5N8O17+5. The number of rotatable bonds is 0. The molecule has 0 aromatic rings. The van der Waals surface area contributed by atoms with Gasteiger partial charge >= 0.3 is 25.7 Å². The van der Waals surface area contributed by atoms with Crippen molar-refractivity contribution in [3.8, 4) is 0 Å². The summed E-state index contributed by atoms with van der Waals surface area (Å²) in [6, 6.07) is 0. The predicted molar refractivity (Wildman–Crippen MR) is 28.8 cm³/mol. The molecule has 4 atom stereocenters. The maximum atomic E-state index is 9.96. The molecule has 6 rings (SSSR count).